The summed E-state index contributed by atoms with van der Waals surface area (Å²) >= 11 is 0. The largest absolute Gasteiger partial charge is 0.416 e. The molecule has 1 aliphatic rings. The maximum Gasteiger partial charge on any atom is 0.416 e. The Morgan fingerprint density at radius 1 is 1.21 bits per heavy atom. The molecule has 0 aromatic heterocycles. The molecule has 1 heterocycles. The number of likely N-dealkylation sites (tertiary alicyclic amines) is 1. The minimum atomic E-state index is -4.33. The summed E-state index contributed by atoms with van der Waals surface area (Å²) in [7, 11) is 3.41. The second-order valence-electron chi connectivity index (χ2n) is 6.68. The van der Waals surface area contributed by atoms with Crippen LogP contribution in [-0.4, -0.2) is 64.0 Å². The summed E-state index contributed by atoms with van der Waals surface area (Å²) in [5.41, 5.74) is -0.131. The van der Waals surface area contributed by atoms with Crippen LogP contribution in [0.15, 0.2) is 29.3 Å². The van der Waals surface area contributed by atoms with Gasteiger partial charge in [0.25, 0.3) is 0 Å². The van der Waals surface area contributed by atoms with Crippen LogP contribution in [0.25, 0.3) is 0 Å². The summed E-state index contributed by atoms with van der Waals surface area (Å²) < 4.78 is 48.6. The Bertz CT molecular complexity index is 701. The number of nitrogens with zero attached hydrogens (tertiary/aromatic N) is 2. The number of hydrogen-bond acceptors (Lipinski definition) is 3. The van der Waals surface area contributed by atoms with Crippen LogP contribution in [-0.2, 0) is 15.7 Å². The first kappa shape index (κ1) is 23.0. The van der Waals surface area contributed by atoms with E-state index in [1.807, 2.05) is 0 Å². The predicted octanol–water partition coefficient (Wildman–Crippen LogP) is 3.15. The van der Waals surface area contributed by atoms with Gasteiger partial charge < -0.3 is 19.7 Å². The van der Waals surface area contributed by atoms with Crippen molar-refractivity contribution in [3.05, 3.63) is 35.4 Å². The van der Waals surface area contributed by atoms with E-state index in [2.05, 4.69) is 27.0 Å². The molecule has 0 aliphatic carbocycles. The number of ether oxygens (including phenoxy) is 2. The number of piperidine rings is 1. The number of guanidine groups is 1. The van der Waals surface area contributed by atoms with E-state index >= 15 is 0 Å². The number of benzene rings is 1. The number of aliphatic imine (C=N–C) groups is 1. The molecule has 0 saturated carbocycles. The van der Waals surface area contributed by atoms with Crippen molar-refractivity contribution >= 4 is 5.96 Å². The van der Waals surface area contributed by atoms with E-state index in [9.17, 15) is 13.2 Å². The monoisotopic (exact) mass is 411 g/mol. The number of alkyl halides is 3. The minimum absolute atomic E-state index is 0.265. The molecule has 1 aromatic carbocycles. The molecule has 0 atom stereocenters. The highest BCUT2D eigenvalue weighted by atomic mass is 19.4. The first-order valence-electron chi connectivity index (χ1n) is 9.66. The Morgan fingerprint density at radius 3 is 2.48 bits per heavy atom. The zero-order valence-corrected chi connectivity index (χ0v) is 16.9. The third-order valence-electron chi connectivity index (χ3n) is 4.58. The Morgan fingerprint density at radius 2 is 1.90 bits per heavy atom. The molecule has 1 fully saturated rings. The molecule has 1 saturated heterocycles. The summed E-state index contributed by atoms with van der Waals surface area (Å²) in [4.78, 5) is 6.45. The number of methoxy groups -OCH3 is 1. The summed E-state index contributed by atoms with van der Waals surface area (Å²) in [6.45, 7) is 3.48. The van der Waals surface area contributed by atoms with Crippen LogP contribution < -0.4 is 5.32 Å². The standard InChI is InChI=1S/C21H28F3N3O2/c1-25-20(27-13-10-19(11-14-27)29-16-4-15-28-2)26-12-3-5-17-6-8-18(9-7-17)21(22,23)24/h6-9,19H,4,10-16H2,1-2H3,(H,25,26). The summed E-state index contributed by atoms with van der Waals surface area (Å²) in [5, 5.41) is 3.18. The van der Waals surface area contributed by atoms with Crippen LogP contribution in [0.4, 0.5) is 13.2 Å². The summed E-state index contributed by atoms with van der Waals surface area (Å²) in [6, 6.07) is 4.83. The van der Waals surface area contributed by atoms with Crippen molar-refractivity contribution in [2.45, 2.75) is 31.5 Å². The Hall–Kier alpha value is -2.24. The first-order chi connectivity index (χ1) is 13.9. The molecule has 5 nitrogen and oxygen atoms in total. The van der Waals surface area contributed by atoms with Crippen molar-refractivity contribution in [1.29, 1.82) is 0 Å². The third kappa shape index (κ3) is 7.95. The molecule has 0 radical (unpaired) electrons. The number of halogens is 3. The van der Waals surface area contributed by atoms with E-state index in [4.69, 9.17) is 9.47 Å². The van der Waals surface area contributed by atoms with Crippen molar-refractivity contribution in [3.63, 3.8) is 0 Å². The Kier molecular flexibility index (Phi) is 9.29. The van der Waals surface area contributed by atoms with Gasteiger partial charge in [0.15, 0.2) is 5.96 Å². The lowest BCUT2D eigenvalue weighted by Gasteiger charge is -2.34. The molecule has 0 unspecified atom stereocenters. The molecule has 29 heavy (non-hydrogen) atoms. The molecule has 2 rings (SSSR count). The third-order valence-corrected chi connectivity index (χ3v) is 4.58. The molecule has 1 aromatic rings. The van der Waals surface area contributed by atoms with Crippen LogP contribution in [0.3, 0.4) is 0 Å². The summed E-state index contributed by atoms with van der Waals surface area (Å²) in [6.07, 6.45) is -1.30. The van der Waals surface area contributed by atoms with Crippen LogP contribution in [0.5, 0.6) is 0 Å². The lowest BCUT2D eigenvalue weighted by atomic mass is 10.1. The van der Waals surface area contributed by atoms with Gasteiger partial charge in [0.2, 0.25) is 0 Å². The first-order valence-corrected chi connectivity index (χ1v) is 9.66. The van der Waals surface area contributed by atoms with E-state index in [0.29, 0.717) is 25.3 Å². The Labute approximate surface area is 170 Å². The average molecular weight is 411 g/mol. The molecule has 0 amide bonds. The second-order valence-corrected chi connectivity index (χ2v) is 6.68. The van der Waals surface area contributed by atoms with Gasteiger partial charge in [-0.05, 0) is 43.5 Å². The SMILES string of the molecule is CN=C(NCC#Cc1ccc(C(F)(F)F)cc1)N1CCC(OCCCOC)CC1. The molecule has 1 N–H and O–H groups in total. The van der Waals surface area contributed by atoms with Crippen LogP contribution >= 0.6 is 0 Å². The van der Waals surface area contributed by atoms with Gasteiger partial charge in [-0.1, -0.05) is 11.8 Å². The van der Waals surface area contributed by atoms with Gasteiger partial charge in [-0.2, -0.15) is 13.2 Å². The van der Waals surface area contributed by atoms with E-state index < -0.39 is 11.7 Å². The number of hydrogen-bond donors (Lipinski definition) is 1. The van der Waals surface area contributed by atoms with Gasteiger partial charge in [-0.25, -0.2) is 0 Å². The van der Waals surface area contributed by atoms with Gasteiger partial charge in [-0.3, -0.25) is 4.99 Å². The van der Waals surface area contributed by atoms with Crippen molar-refractivity contribution in [1.82, 2.24) is 10.2 Å². The molecule has 0 spiro atoms. The minimum Gasteiger partial charge on any atom is -0.385 e. The van der Waals surface area contributed by atoms with Gasteiger partial charge >= 0.3 is 6.18 Å². The molecular weight excluding hydrogens is 383 g/mol. The highest BCUT2D eigenvalue weighted by Gasteiger charge is 2.29. The lowest BCUT2D eigenvalue weighted by Crippen LogP contribution is -2.47. The van der Waals surface area contributed by atoms with E-state index in [0.717, 1.165) is 50.4 Å². The highest BCUT2D eigenvalue weighted by Crippen LogP contribution is 2.28. The van der Waals surface area contributed by atoms with Crippen molar-refractivity contribution in [2.75, 3.05) is 47.0 Å². The molecular formula is C21H28F3N3O2. The van der Waals surface area contributed by atoms with Gasteiger partial charge in [-0.15, -0.1) is 0 Å². The van der Waals surface area contributed by atoms with Crippen LogP contribution in [0.2, 0.25) is 0 Å². The fraction of sp³-hybridized carbons (Fsp3) is 0.571. The fourth-order valence-electron chi connectivity index (χ4n) is 3.03. The second kappa shape index (κ2) is 11.7. The van der Waals surface area contributed by atoms with Crippen molar-refractivity contribution in [2.24, 2.45) is 4.99 Å². The zero-order valence-electron chi connectivity index (χ0n) is 16.9. The van der Waals surface area contributed by atoms with Gasteiger partial charge in [0.05, 0.1) is 18.2 Å². The maximum absolute atomic E-state index is 12.6. The summed E-state index contributed by atoms with van der Waals surface area (Å²) in [5.74, 6) is 6.56. The Balaban J connectivity index is 1.74. The predicted molar refractivity (Wildman–Crippen MR) is 107 cm³/mol. The van der Waals surface area contributed by atoms with Gasteiger partial charge in [0.1, 0.15) is 0 Å². The molecule has 1 aliphatic heterocycles. The molecule has 160 valence electrons. The zero-order chi connectivity index (χ0) is 21.1. The van der Waals surface area contributed by atoms with E-state index in [1.165, 1.54) is 12.1 Å². The number of nitrogens with one attached hydrogen (secondary N) is 1. The van der Waals surface area contributed by atoms with Crippen molar-refractivity contribution < 1.29 is 22.6 Å². The number of rotatable bonds is 6. The van der Waals surface area contributed by atoms with Crippen LogP contribution in [0, 0.1) is 11.8 Å². The molecule has 0 bridgehead atoms. The normalized spacial score (nSPS) is 15.8. The average Bonchev–Trinajstić information content (AvgIpc) is 2.72. The quantitative estimate of drug-likeness (QED) is 0.338. The van der Waals surface area contributed by atoms with Gasteiger partial charge in [0, 0.05) is 46.0 Å². The maximum atomic E-state index is 12.6. The fourth-order valence-corrected chi connectivity index (χ4v) is 3.03. The van der Waals surface area contributed by atoms with Crippen LogP contribution in [0.1, 0.15) is 30.4 Å². The highest BCUT2D eigenvalue weighted by molar-refractivity contribution is 5.80. The smallest absolute Gasteiger partial charge is 0.385 e. The lowest BCUT2D eigenvalue weighted by molar-refractivity contribution is -0.137. The molecule has 8 heteroatoms. The van der Waals surface area contributed by atoms with E-state index in [-0.39, 0.29) is 6.10 Å². The topological polar surface area (TPSA) is 46.1 Å². The van der Waals surface area contributed by atoms with Crippen molar-refractivity contribution in [3.8, 4) is 11.8 Å². The van der Waals surface area contributed by atoms with E-state index in [1.54, 1.807) is 14.2 Å².